The summed E-state index contributed by atoms with van der Waals surface area (Å²) in [5.74, 6) is 1.01. The largest absolute Gasteiger partial charge is 0.294 e. The number of rotatable bonds is 2. The van der Waals surface area contributed by atoms with E-state index in [1.807, 2.05) is 18.2 Å². The van der Waals surface area contributed by atoms with Gasteiger partial charge in [0.05, 0.1) is 0 Å². The highest BCUT2D eigenvalue weighted by Crippen LogP contribution is 2.23. The van der Waals surface area contributed by atoms with Crippen LogP contribution >= 0.6 is 12.6 Å². The van der Waals surface area contributed by atoms with Gasteiger partial charge in [-0.3, -0.25) is 4.79 Å². The lowest BCUT2D eigenvalue weighted by atomic mass is 10.1. The second kappa shape index (κ2) is 4.01. The lowest BCUT2D eigenvalue weighted by Gasteiger charge is -1.98. The van der Waals surface area contributed by atoms with Crippen molar-refractivity contribution in [2.45, 2.75) is 12.8 Å². The first-order valence-electron chi connectivity index (χ1n) is 4.75. The molecular formula is C12H12OS. The Kier molecular flexibility index (Phi) is 2.73. The molecule has 0 heterocycles. The van der Waals surface area contributed by atoms with Gasteiger partial charge in [-0.05, 0) is 23.6 Å². The fourth-order valence-electron chi connectivity index (χ4n) is 1.75. The predicted octanol–water partition coefficient (Wildman–Crippen LogP) is 2.76. The zero-order chi connectivity index (χ0) is 9.97. The van der Waals surface area contributed by atoms with Crippen molar-refractivity contribution < 1.29 is 4.79 Å². The van der Waals surface area contributed by atoms with Crippen LogP contribution in [0, 0.1) is 0 Å². The molecule has 14 heavy (non-hydrogen) atoms. The third kappa shape index (κ3) is 1.75. The van der Waals surface area contributed by atoms with Gasteiger partial charge >= 0.3 is 0 Å². The van der Waals surface area contributed by atoms with Crippen molar-refractivity contribution >= 4 is 24.5 Å². The van der Waals surface area contributed by atoms with E-state index in [2.05, 4.69) is 24.8 Å². The van der Waals surface area contributed by atoms with Crippen LogP contribution < -0.4 is 0 Å². The van der Waals surface area contributed by atoms with Gasteiger partial charge in [0, 0.05) is 17.7 Å². The van der Waals surface area contributed by atoms with Crippen molar-refractivity contribution in [1.29, 1.82) is 0 Å². The highest BCUT2D eigenvalue weighted by Gasteiger charge is 2.18. The molecule has 0 atom stereocenters. The van der Waals surface area contributed by atoms with Crippen LogP contribution in [0.4, 0.5) is 0 Å². The van der Waals surface area contributed by atoms with E-state index in [-0.39, 0.29) is 5.78 Å². The minimum atomic E-state index is 0.279. The molecular weight excluding hydrogens is 192 g/mol. The van der Waals surface area contributed by atoms with Crippen LogP contribution in [0.3, 0.4) is 0 Å². The maximum absolute atomic E-state index is 11.5. The summed E-state index contributed by atoms with van der Waals surface area (Å²) in [7, 11) is 0. The second-order valence-electron chi connectivity index (χ2n) is 3.42. The topological polar surface area (TPSA) is 17.1 Å². The molecule has 1 aromatic rings. The molecule has 0 unspecified atom stereocenters. The summed E-state index contributed by atoms with van der Waals surface area (Å²) in [6, 6.07) is 6.08. The number of fused-ring (bicyclic) bond motifs is 1. The molecule has 0 bridgehead atoms. The molecule has 1 aliphatic carbocycles. The minimum absolute atomic E-state index is 0.279. The van der Waals surface area contributed by atoms with Crippen molar-refractivity contribution in [2.24, 2.45) is 0 Å². The Morgan fingerprint density at radius 2 is 2.21 bits per heavy atom. The van der Waals surface area contributed by atoms with Gasteiger partial charge in [0.2, 0.25) is 0 Å². The van der Waals surface area contributed by atoms with Crippen molar-refractivity contribution in [2.75, 3.05) is 5.75 Å². The van der Waals surface area contributed by atoms with Crippen molar-refractivity contribution in [3.8, 4) is 0 Å². The second-order valence-corrected chi connectivity index (χ2v) is 3.79. The van der Waals surface area contributed by atoms with Gasteiger partial charge in [-0.1, -0.05) is 24.3 Å². The van der Waals surface area contributed by atoms with E-state index in [1.54, 1.807) is 0 Å². The van der Waals surface area contributed by atoms with Gasteiger partial charge in [-0.15, -0.1) is 0 Å². The molecule has 0 radical (unpaired) electrons. The van der Waals surface area contributed by atoms with Crippen molar-refractivity contribution in [3.05, 3.63) is 41.0 Å². The zero-order valence-electron chi connectivity index (χ0n) is 7.86. The number of hydrogen-bond donors (Lipinski definition) is 1. The Morgan fingerprint density at radius 3 is 3.00 bits per heavy atom. The van der Waals surface area contributed by atoms with E-state index >= 15 is 0 Å². The average molecular weight is 204 g/mol. The van der Waals surface area contributed by atoms with E-state index in [0.717, 1.165) is 23.3 Å². The lowest BCUT2D eigenvalue weighted by molar-refractivity contribution is 0.0994. The number of aryl methyl sites for hydroxylation is 1. The predicted molar refractivity (Wildman–Crippen MR) is 62.0 cm³/mol. The Bertz CT molecular complexity index is 393. The van der Waals surface area contributed by atoms with Crippen LogP contribution in [0.5, 0.6) is 0 Å². The van der Waals surface area contributed by atoms with E-state index in [1.165, 1.54) is 5.56 Å². The van der Waals surface area contributed by atoms with E-state index in [4.69, 9.17) is 0 Å². The molecule has 0 aliphatic heterocycles. The summed E-state index contributed by atoms with van der Waals surface area (Å²) >= 11 is 4.10. The molecule has 1 aliphatic rings. The summed E-state index contributed by atoms with van der Waals surface area (Å²) < 4.78 is 0. The third-order valence-electron chi connectivity index (χ3n) is 2.47. The van der Waals surface area contributed by atoms with Crippen molar-refractivity contribution in [3.63, 3.8) is 0 Å². The van der Waals surface area contributed by atoms with Gasteiger partial charge in [-0.25, -0.2) is 0 Å². The maximum Gasteiger partial charge on any atom is 0.163 e. The Morgan fingerprint density at radius 1 is 1.36 bits per heavy atom. The van der Waals surface area contributed by atoms with Gasteiger partial charge in [0.15, 0.2) is 5.78 Å². The third-order valence-corrected chi connectivity index (χ3v) is 2.68. The van der Waals surface area contributed by atoms with Crippen LogP contribution in [-0.4, -0.2) is 11.5 Å². The number of carbonyl (C=O) groups is 1. The van der Waals surface area contributed by atoms with Crippen LogP contribution in [0.25, 0.3) is 6.08 Å². The van der Waals surface area contributed by atoms with Crippen LogP contribution in [0.15, 0.2) is 24.3 Å². The molecule has 0 spiro atoms. The average Bonchev–Trinajstić information content (AvgIpc) is 2.57. The normalized spacial score (nSPS) is 15.1. The fourth-order valence-corrected chi connectivity index (χ4v) is 1.85. The first-order valence-corrected chi connectivity index (χ1v) is 5.38. The molecule has 2 rings (SSSR count). The summed E-state index contributed by atoms with van der Waals surface area (Å²) in [4.78, 5) is 11.5. The molecule has 72 valence electrons. The smallest absolute Gasteiger partial charge is 0.163 e. The SMILES string of the molecule is O=C1CCc2ccc(C=CCS)cc21. The molecule has 2 heteroatoms. The van der Waals surface area contributed by atoms with Gasteiger partial charge in [-0.2, -0.15) is 12.6 Å². The summed E-state index contributed by atoms with van der Waals surface area (Å²) in [5.41, 5.74) is 3.19. The number of Topliss-reactive ketones (excluding diaryl/α,β-unsaturated/α-hetero) is 1. The standard InChI is InChI=1S/C12H12OS/c13-12-6-5-10-4-3-9(2-1-7-14)8-11(10)12/h1-4,8,14H,5-7H2. The number of benzene rings is 1. The van der Waals surface area contributed by atoms with E-state index < -0.39 is 0 Å². The van der Waals surface area contributed by atoms with E-state index in [0.29, 0.717) is 6.42 Å². The monoisotopic (exact) mass is 204 g/mol. The van der Waals surface area contributed by atoms with Gasteiger partial charge in [0.1, 0.15) is 0 Å². The Hall–Kier alpha value is -1.02. The fraction of sp³-hybridized carbons (Fsp3) is 0.250. The van der Waals surface area contributed by atoms with Crippen LogP contribution in [0.2, 0.25) is 0 Å². The highest BCUT2D eigenvalue weighted by molar-refractivity contribution is 7.80. The minimum Gasteiger partial charge on any atom is -0.294 e. The van der Waals surface area contributed by atoms with Crippen LogP contribution in [0.1, 0.15) is 27.9 Å². The highest BCUT2D eigenvalue weighted by atomic mass is 32.1. The van der Waals surface area contributed by atoms with Crippen molar-refractivity contribution in [1.82, 2.24) is 0 Å². The molecule has 1 nitrogen and oxygen atoms in total. The maximum atomic E-state index is 11.5. The first-order chi connectivity index (χ1) is 6.81. The molecule has 0 aromatic heterocycles. The molecule has 0 saturated heterocycles. The number of carbonyl (C=O) groups excluding carboxylic acids is 1. The molecule has 0 N–H and O–H groups in total. The number of ketones is 1. The zero-order valence-corrected chi connectivity index (χ0v) is 8.76. The Balaban J connectivity index is 2.35. The van der Waals surface area contributed by atoms with E-state index in [9.17, 15) is 4.79 Å². The summed E-state index contributed by atoms with van der Waals surface area (Å²) in [5, 5.41) is 0. The first kappa shape index (κ1) is 9.53. The quantitative estimate of drug-likeness (QED) is 0.733. The number of thiol groups is 1. The molecule has 0 amide bonds. The van der Waals surface area contributed by atoms with Gasteiger partial charge < -0.3 is 0 Å². The van der Waals surface area contributed by atoms with Crippen LogP contribution in [-0.2, 0) is 6.42 Å². The molecule has 1 aromatic carbocycles. The molecule has 0 fully saturated rings. The summed E-state index contributed by atoms with van der Waals surface area (Å²) in [6.07, 6.45) is 5.56. The number of hydrogen-bond acceptors (Lipinski definition) is 2. The summed E-state index contributed by atoms with van der Waals surface area (Å²) in [6.45, 7) is 0. The lowest BCUT2D eigenvalue weighted by Crippen LogP contribution is -1.91. The van der Waals surface area contributed by atoms with Gasteiger partial charge in [0.25, 0.3) is 0 Å². The molecule has 0 saturated carbocycles. The Labute approximate surface area is 89.2 Å².